The fraction of sp³-hybridized carbons (Fsp3) is 0.611. The van der Waals surface area contributed by atoms with E-state index in [9.17, 15) is 9.59 Å². The Morgan fingerprint density at radius 3 is 2.76 bits per heavy atom. The maximum absolute atomic E-state index is 12.2. The second-order valence-corrected chi connectivity index (χ2v) is 7.08. The minimum atomic E-state index is -0.376. The van der Waals surface area contributed by atoms with Crippen LogP contribution in [0.1, 0.15) is 39.6 Å². The number of hydrogen-bond acceptors (Lipinski definition) is 4. The quantitative estimate of drug-likeness (QED) is 0.821. The molecule has 2 rings (SSSR count). The van der Waals surface area contributed by atoms with E-state index in [0.717, 1.165) is 5.82 Å². The van der Waals surface area contributed by atoms with Gasteiger partial charge in [-0.1, -0.05) is 5.92 Å². The predicted octanol–water partition coefficient (Wildman–Crippen LogP) is 0.874. The molecule has 1 N–H and O–H groups in total. The van der Waals surface area contributed by atoms with Crippen molar-refractivity contribution in [3.05, 3.63) is 18.2 Å². The molecule has 1 fully saturated rings. The lowest BCUT2D eigenvalue weighted by molar-refractivity contribution is -0.157. The molecule has 0 spiro atoms. The lowest BCUT2D eigenvalue weighted by Gasteiger charge is -2.40. The van der Waals surface area contributed by atoms with E-state index in [-0.39, 0.29) is 42.5 Å². The largest absolute Gasteiger partial charge is 0.364 e. The Hall–Kier alpha value is -2.33. The Labute approximate surface area is 148 Å². The molecular formula is C18H26N4O3. The van der Waals surface area contributed by atoms with Gasteiger partial charge in [0.2, 0.25) is 5.91 Å². The summed E-state index contributed by atoms with van der Waals surface area (Å²) >= 11 is 0. The molecular weight excluding hydrogens is 320 g/mol. The van der Waals surface area contributed by atoms with Gasteiger partial charge in [0.05, 0.1) is 0 Å². The van der Waals surface area contributed by atoms with Crippen molar-refractivity contribution in [1.29, 1.82) is 0 Å². The molecule has 2 amide bonds. The molecule has 1 aromatic heterocycles. The third-order valence-corrected chi connectivity index (χ3v) is 3.91. The molecule has 2 heterocycles. The van der Waals surface area contributed by atoms with E-state index in [1.54, 1.807) is 11.1 Å². The molecule has 7 heteroatoms. The predicted molar refractivity (Wildman–Crippen MR) is 93.3 cm³/mol. The van der Waals surface area contributed by atoms with Crippen LogP contribution in [0, 0.1) is 17.3 Å². The summed E-state index contributed by atoms with van der Waals surface area (Å²) in [5.41, 5.74) is -0.237. The van der Waals surface area contributed by atoms with Crippen LogP contribution in [0.2, 0.25) is 0 Å². The van der Waals surface area contributed by atoms with Crippen LogP contribution in [0.25, 0.3) is 0 Å². The highest BCUT2D eigenvalue weighted by molar-refractivity contribution is 5.93. The molecule has 7 nitrogen and oxygen atoms in total. The third-order valence-electron chi connectivity index (χ3n) is 3.91. The number of likely N-dealkylation sites (N-methyl/N-ethyl adjacent to an activating group) is 1. The third kappa shape index (κ3) is 4.83. The van der Waals surface area contributed by atoms with Gasteiger partial charge in [0, 0.05) is 37.9 Å². The molecule has 1 aromatic rings. The first-order valence-corrected chi connectivity index (χ1v) is 8.42. The van der Waals surface area contributed by atoms with E-state index in [1.165, 1.54) is 0 Å². The topological polar surface area (TPSA) is 76.5 Å². The van der Waals surface area contributed by atoms with Crippen molar-refractivity contribution in [2.45, 2.75) is 39.8 Å². The first-order valence-electron chi connectivity index (χ1n) is 8.42. The summed E-state index contributed by atoms with van der Waals surface area (Å²) in [4.78, 5) is 30.3. The Morgan fingerprint density at radius 1 is 1.48 bits per heavy atom. The van der Waals surface area contributed by atoms with Gasteiger partial charge in [-0.15, -0.1) is 0 Å². The molecule has 136 valence electrons. The highest BCUT2D eigenvalue weighted by Crippen LogP contribution is 2.28. The lowest BCUT2D eigenvalue weighted by Crippen LogP contribution is -2.53. The summed E-state index contributed by atoms with van der Waals surface area (Å²) in [6.07, 6.45) is 3.14. The molecule has 0 aromatic carbocycles. The molecule has 0 saturated carbocycles. The number of imidazole rings is 1. The second kappa shape index (κ2) is 7.70. The fourth-order valence-electron chi connectivity index (χ4n) is 2.70. The van der Waals surface area contributed by atoms with Gasteiger partial charge < -0.3 is 19.5 Å². The number of carbonyl (C=O) groups is 2. The van der Waals surface area contributed by atoms with Gasteiger partial charge in [0.1, 0.15) is 24.6 Å². The molecule has 0 unspecified atom stereocenters. The SMILES string of the molecule is CCN1C(=O)CO[C@@H](CNC(=O)C#CC(C)(C)C)[C@@H]1c1nccn1C. The summed E-state index contributed by atoms with van der Waals surface area (Å²) in [7, 11) is 1.87. The Morgan fingerprint density at radius 2 is 2.20 bits per heavy atom. The number of aryl methyl sites for hydroxylation is 1. The number of nitrogens with zero attached hydrogens (tertiary/aromatic N) is 3. The standard InChI is InChI=1S/C18H26N4O3/c1-6-22-15(24)12-25-13(16(22)17-19-9-10-21(17)5)11-20-14(23)7-8-18(2,3)4/h9-10,13,16H,6,11-12H2,1-5H3,(H,20,23)/t13-,16+/m0/s1. The molecule has 2 atom stereocenters. The van der Waals surface area contributed by atoms with E-state index in [1.807, 2.05) is 45.5 Å². The Bertz CT molecular complexity index is 693. The number of nitrogens with one attached hydrogen (secondary N) is 1. The number of amides is 2. The summed E-state index contributed by atoms with van der Waals surface area (Å²) in [6.45, 7) is 8.57. The zero-order valence-electron chi connectivity index (χ0n) is 15.5. The van der Waals surface area contributed by atoms with E-state index in [2.05, 4.69) is 22.1 Å². The summed E-state index contributed by atoms with van der Waals surface area (Å²) in [6, 6.07) is -0.345. The van der Waals surface area contributed by atoms with E-state index in [4.69, 9.17) is 4.74 Å². The van der Waals surface area contributed by atoms with E-state index < -0.39 is 0 Å². The van der Waals surface area contributed by atoms with Crippen molar-refractivity contribution in [1.82, 2.24) is 19.8 Å². The minimum Gasteiger partial charge on any atom is -0.364 e. The average Bonchev–Trinajstić information content (AvgIpc) is 2.96. The van der Waals surface area contributed by atoms with Crippen LogP contribution >= 0.6 is 0 Å². The van der Waals surface area contributed by atoms with Crippen LogP contribution in [0.15, 0.2) is 12.4 Å². The van der Waals surface area contributed by atoms with Crippen molar-refractivity contribution >= 4 is 11.8 Å². The highest BCUT2D eigenvalue weighted by Gasteiger charge is 2.39. The molecule has 1 saturated heterocycles. The molecule has 1 aliphatic heterocycles. The smallest absolute Gasteiger partial charge is 0.295 e. The Balaban J connectivity index is 2.14. The minimum absolute atomic E-state index is 0.00295. The number of carbonyl (C=O) groups excluding carboxylic acids is 2. The van der Waals surface area contributed by atoms with Crippen LogP contribution < -0.4 is 5.32 Å². The van der Waals surface area contributed by atoms with Crippen LogP contribution in [0.4, 0.5) is 0 Å². The first-order chi connectivity index (χ1) is 11.7. The van der Waals surface area contributed by atoms with Crippen molar-refractivity contribution in [3.8, 4) is 11.8 Å². The number of hydrogen-bond donors (Lipinski definition) is 1. The van der Waals surface area contributed by atoms with Crippen molar-refractivity contribution < 1.29 is 14.3 Å². The zero-order valence-corrected chi connectivity index (χ0v) is 15.5. The number of rotatable bonds is 4. The normalized spacial score (nSPS) is 20.8. The molecule has 0 radical (unpaired) electrons. The Kier molecular flexibility index (Phi) is 5.85. The second-order valence-electron chi connectivity index (χ2n) is 7.08. The summed E-state index contributed by atoms with van der Waals surface area (Å²) < 4.78 is 7.57. The lowest BCUT2D eigenvalue weighted by atomic mass is 9.98. The zero-order chi connectivity index (χ0) is 18.6. The van der Waals surface area contributed by atoms with E-state index >= 15 is 0 Å². The number of ether oxygens (including phenoxy) is 1. The average molecular weight is 346 g/mol. The van der Waals surface area contributed by atoms with Gasteiger partial charge in [-0.25, -0.2) is 4.98 Å². The van der Waals surface area contributed by atoms with Crippen molar-refractivity contribution in [2.75, 3.05) is 19.7 Å². The molecule has 25 heavy (non-hydrogen) atoms. The van der Waals surface area contributed by atoms with Gasteiger partial charge in [-0.2, -0.15) is 0 Å². The van der Waals surface area contributed by atoms with Crippen molar-refractivity contribution in [3.63, 3.8) is 0 Å². The van der Waals surface area contributed by atoms with Crippen LogP contribution in [0.3, 0.4) is 0 Å². The maximum Gasteiger partial charge on any atom is 0.295 e. The van der Waals surface area contributed by atoms with E-state index in [0.29, 0.717) is 6.54 Å². The maximum atomic E-state index is 12.2. The number of aromatic nitrogens is 2. The monoisotopic (exact) mass is 346 g/mol. The number of morpholine rings is 1. The van der Waals surface area contributed by atoms with Gasteiger partial charge in [0.25, 0.3) is 5.91 Å². The van der Waals surface area contributed by atoms with Crippen LogP contribution in [-0.2, 0) is 21.4 Å². The van der Waals surface area contributed by atoms with Gasteiger partial charge in [-0.3, -0.25) is 9.59 Å². The molecule has 0 bridgehead atoms. The van der Waals surface area contributed by atoms with Crippen LogP contribution in [-0.4, -0.2) is 52.1 Å². The highest BCUT2D eigenvalue weighted by atomic mass is 16.5. The fourth-order valence-corrected chi connectivity index (χ4v) is 2.70. The molecule has 1 aliphatic rings. The van der Waals surface area contributed by atoms with Gasteiger partial charge in [0.15, 0.2) is 0 Å². The van der Waals surface area contributed by atoms with Crippen LogP contribution in [0.5, 0.6) is 0 Å². The molecule has 0 aliphatic carbocycles. The summed E-state index contributed by atoms with van der Waals surface area (Å²) in [5.74, 6) is 5.80. The van der Waals surface area contributed by atoms with Crippen molar-refractivity contribution in [2.24, 2.45) is 12.5 Å². The van der Waals surface area contributed by atoms with Gasteiger partial charge >= 0.3 is 0 Å². The summed E-state index contributed by atoms with van der Waals surface area (Å²) in [5, 5.41) is 2.78. The first kappa shape index (κ1) is 19.0. The van der Waals surface area contributed by atoms with Gasteiger partial charge in [-0.05, 0) is 33.6 Å².